The first kappa shape index (κ1) is 27.5. The molecule has 0 saturated heterocycles. The fraction of sp³-hybridized carbons (Fsp3) is 0.625. The summed E-state index contributed by atoms with van der Waals surface area (Å²) in [7, 11) is 1.64. The highest BCUT2D eigenvalue weighted by molar-refractivity contribution is 9.10. The van der Waals surface area contributed by atoms with Gasteiger partial charge in [-0.05, 0) is 77.1 Å². The van der Waals surface area contributed by atoms with Gasteiger partial charge in [0.05, 0.1) is 18.2 Å². The minimum Gasteiger partial charge on any atom is -0.493 e. The third-order valence-electron chi connectivity index (χ3n) is 8.77. The van der Waals surface area contributed by atoms with E-state index in [-0.39, 0.29) is 28.3 Å². The van der Waals surface area contributed by atoms with Crippen LogP contribution in [-0.2, 0) is 9.59 Å². The lowest BCUT2D eigenvalue weighted by atomic mass is 9.63. The summed E-state index contributed by atoms with van der Waals surface area (Å²) in [4.78, 5) is 30.7. The van der Waals surface area contributed by atoms with Crippen LogP contribution in [-0.4, -0.2) is 36.2 Å². The average Bonchev–Trinajstić information content (AvgIpc) is 2.83. The van der Waals surface area contributed by atoms with Crippen LogP contribution in [0.4, 0.5) is 0 Å². The van der Waals surface area contributed by atoms with E-state index in [0.29, 0.717) is 37.0 Å². The van der Waals surface area contributed by atoms with Crippen molar-refractivity contribution >= 4 is 27.5 Å². The molecule has 206 valence electrons. The summed E-state index contributed by atoms with van der Waals surface area (Å²) in [5.41, 5.74) is 4.68. The topological polar surface area (TPSA) is 55.8 Å². The summed E-state index contributed by atoms with van der Waals surface area (Å²) in [6.07, 6.45) is 8.59. The molecule has 0 N–H and O–H groups in total. The standard InChI is InChI=1S/C32H42BrNO4/c1-7-38-30-21(33)13-19(14-26(30)37-6)27-28-22(15-31(2,3)17-24(28)35)34(20-11-9-8-10-12-20)23-16-32(4,5)18-25(36)29(23)27/h13-14,20,27H,7-12,15-18H2,1-6H3. The van der Waals surface area contributed by atoms with Crippen LogP contribution >= 0.6 is 15.9 Å². The molecule has 38 heavy (non-hydrogen) atoms. The Labute approximate surface area is 236 Å². The molecule has 1 heterocycles. The molecular formula is C32H42BrNO4. The number of nitrogens with zero attached hydrogens (tertiary/aromatic N) is 1. The maximum Gasteiger partial charge on any atom is 0.175 e. The van der Waals surface area contributed by atoms with E-state index in [2.05, 4.69) is 48.5 Å². The smallest absolute Gasteiger partial charge is 0.175 e. The summed E-state index contributed by atoms with van der Waals surface area (Å²) in [6, 6.07) is 4.36. The largest absolute Gasteiger partial charge is 0.493 e. The maximum atomic E-state index is 14.1. The fourth-order valence-electron chi connectivity index (χ4n) is 7.30. The van der Waals surface area contributed by atoms with Gasteiger partial charge < -0.3 is 14.4 Å². The van der Waals surface area contributed by atoms with Gasteiger partial charge >= 0.3 is 0 Å². The van der Waals surface area contributed by atoms with Crippen molar-refractivity contribution in [1.29, 1.82) is 0 Å². The summed E-state index contributed by atoms with van der Waals surface area (Å²) in [6.45, 7) is 11.3. The molecule has 0 unspecified atom stereocenters. The second-order valence-corrected chi connectivity index (χ2v) is 14.0. The predicted molar refractivity (Wildman–Crippen MR) is 153 cm³/mol. The van der Waals surface area contributed by atoms with Gasteiger partial charge in [0.2, 0.25) is 0 Å². The van der Waals surface area contributed by atoms with E-state index in [1.54, 1.807) is 7.11 Å². The van der Waals surface area contributed by atoms with Crippen molar-refractivity contribution in [3.8, 4) is 11.5 Å². The summed E-state index contributed by atoms with van der Waals surface area (Å²) in [5, 5.41) is 0. The number of benzene rings is 1. The van der Waals surface area contributed by atoms with E-state index in [1.165, 1.54) is 19.3 Å². The molecule has 1 saturated carbocycles. The highest BCUT2D eigenvalue weighted by Gasteiger charge is 2.50. The van der Waals surface area contributed by atoms with Crippen LogP contribution in [0.1, 0.15) is 104 Å². The van der Waals surface area contributed by atoms with Gasteiger partial charge in [-0.25, -0.2) is 0 Å². The van der Waals surface area contributed by atoms with E-state index >= 15 is 0 Å². The molecule has 1 aromatic carbocycles. The fourth-order valence-corrected chi connectivity index (χ4v) is 7.87. The highest BCUT2D eigenvalue weighted by Crippen LogP contribution is 2.56. The first-order valence-corrected chi connectivity index (χ1v) is 15.1. The summed E-state index contributed by atoms with van der Waals surface area (Å²) >= 11 is 3.71. The zero-order valence-electron chi connectivity index (χ0n) is 23.8. The molecule has 5 rings (SSSR count). The number of rotatable bonds is 5. The molecule has 0 amide bonds. The van der Waals surface area contributed by atoms with Gasteiger partial charge in [-0.15, -0.1) is 0 Å². The maximum absolute atomic E-state index is 14.1. The summed E-state index contributed by atoms with van der Waals surface area (Å²) < 4.78 is 12.4. The average molecular weight is 585 g/mol. The Bertz CT molecular complexity index is 1160. The molecular weight excluding hydrogens is 542 g/mol. The number of carbonyl (C=O) groups is 2. The van der Waals surface area contributed by atoms with Gasteiger partial charge in [0.15, 0.2) is 23.1 Å². The first-order valence-electron chi connectivity index (χ1n) is 14.3. The van der Waals surface area contributed by atoms with Crippen LogP contribution in [0.5, 0.6) is 11.5 Å². The zero-order valence-corrected chi connectivity index (χ0v) is 25.4. The number of Topliss-reactive ketones (excluding diaryl/α,β-unsaturated/α-hetero) is 2. The SMILES string of the molecule is CCOc1c(Br)cc(C2C3=C(CC(C)(C)CC3=O)N(C3CCCCC3)C3=C2C(=O)CC(C)(C)C3)cc1OC. The number of ketones is 2. The van der Waals surface area contributed by atoms with Crippen LogP contribution in [0.15, 0.2) is 39.1 Å². The highest BCUT2D eigenvalue weighted by atomic mass is 79.9. The lowest BCUT2D eigenvalue weighted by Crippen LogP contribution is -2.48. The van der Waals surface area contributed by atoms with E-state index in [1.807, 2.05) is 19.1 Å². The number of ether oxygens (including phenoxy) is 2. The van der Waals surface area contributed by atoms with Gasteiger partial charge in [0, 0.05) is 47.3 Å². The Hall–Kier alpha value is -2.08. The number of halogens is 1. The van der Waals surface area contributed by atoms with Crippen molar-refractivity contribution in [2.45, 2.75) is 104 Å². The van der Waals surface area contributed by atoms with Crippen LogP contribution < -0.4 is 9.47 Å². The number of methoxy groups -OCH3 is 1. The lowest BCUT2D eigenvalue weighted by Gasteiger charge is -2.52. The molecule has 0 atom stereocenters. The Kier molecular flexibility index (Phi) is 7.34. The predicted octanol–water partition coefficient (Wildman–Crippen LogP) is 7.87. The van der Waals surface area contributed by atoms with Gasteiger partial charge in [-0.3, -0.25) is 9.59 Å². The molecule has 1 aliphatic heterocycles. The molecule has 0 bridgehead atoms. The second-order valence-electron chi connectivity index (χ2n) is 13.2. The first-order chi connectivity index (χ1) is 18.0. The molecule has 0 aromatic heterocycles. The van der Waals surface area contributed by atoms with E-state index in [0.717, 1.165) is 58.3 Å². The zero-order chi connectivity index (χ0) is 27.4. The van der Waals surface area contributed by atoms with Crippen molar-refractivity contribution in [1.82, 2.24) is 4.90 Å². The van der Waals surface area contributed by atoms with E-state index in [4.69, 9.17) is 9.47 Å². The molecule has 1 aromatic rings. The molecule has 0 spiro atoms. The van der Waals surface area contributed by atoms with Crippen molar-refractivity contribution in [3.63, 3.8) is 0 Å². The van der Waals surface area contributed by atoms with Crippen LogP contribution in [0.2, 0.25) is 0 Å². The number of carbonyl (C=O) groups excluding carboxylic acids is 2. The van der Waals surface area contributed by atoms with Gasteiger partial charge in [0.1, 0.15) is 0 Å². The van der Waals surface area contributed by atoms with Gasteiger partial charge in [-0.2, -0.15) is 0 Å². The molecule has 3 aliphatic carbocycles. The third kappa shape index (κ3) is 4.87. The van der Waals surface area contributed by atoms with Crippen LogP contribution in [0.3, 0.4) is 0 Å². The van der Waals surface area contributed by atoms with Gasteiger partial charge in [0.25, 0.3) is 0 Å². The van der Waals surface area contributed by atoms with Crippen molar-refractivity contribution in [3.05, 3.63) is 44.7 Å². The molecule has 6 heteroatoms. The van der Waals surface area contributed by atoms with Crippen molar-refractivity contribution < 1.29 is 19.1 Å². The van der Waals surface area contributed by atoms with Crippen molar-refractivity contribution in [2.24, 2.45) is 10.8 Å². The molecule has 5 nitrogen and oxygen atoms in total. The Balaban J connectivity index is 1.78. The summed E-state index contributed by atoms with van der Waals surface area (Å²) in [5.74, 6) is 1.23. The van der Waals surface area contributed by atoms with Gasteiger partial charge in [-0.1, -0.05) is 47.0 Å². The van der Waals surface area contributed by atoms with E-state index in [9.17, 15) is 9.59 Å². The minimum absolute atomic E-state index is 0.114. The third-order valence-corrected chi connectivity index (χ3v) is 9.35. The number of allylic oxidation sites excluding steroid dienone is 4. The van der Waals surface area contributed by atoms with Crippen molar-refractivity contribution in [2.75, 3.05) is 13.7 Å². The van der Waals surface area contributed by atoms with Crippen LogP contribution in [0.25, 0.3) is 0 Å². The Morgan fingerprint density at radius 1 is 0.895 bits per heavy atom. The molecule has 0 radical (unpaired) electrons. The lowest BCUT2D eigenvalue weighted by molar-refractivity contribution is -0.119. The quantitative estimate of drug-likeness (QED) is 0.353. The Morgan fingerprint density at radius 2 is 1.45 bits per heavy atom. The Morgan fingerprint density at radius 3 is 1.95 bits per heavy atom. The number of hydrogen-bond donors (Lipinski definition) is 0. The monoisotopic (exact) mass is 583 g/mol. The minimum atomic E-state index is -0.382. The molecule has 1 fully saturated rings. The normalized spacial score (nSPS) is 23.9. The van der Waals surface area contributed by atoms with Crippen LogP contribution in [0, 0.1) is 10.8 Å². The second kappa shape index (κ2) is 10.1. The number of hydrogen-bond acceptors (Lipinski definition) is 5. The van der Waals surface area contributed by atoms with E-state index < -0.39 is 0 Å². The molecule has 4 aliphatic rings.